The summed E-state index contributed by atoms with van der Waals surface area (Å²) in [6, 6.07) is 6.18. The van der Waals surface area contributed by atoms with E-state index in [-0.39, 0.29) is 34.3 Å². The number of nitrogens with zero attached hydrogens (tertiary/aromatic N) is 2. The van der Waals surface area contributed by atoms with E-state index in [0.717, 1.165) is 11.1 Å². The lowest BCUT2D eigenvalue weighted by Crippen LogP contribution is -2.34. The van der Waals surface area contributed by atoms with Crippen LogP contribution in [0.25, 0.3) is 22.5 Å². The Labute approximate surface area is 356 Å². The van der Waals surface area contributed by atoms with Crippen molar-refractivity contribution in [3.8, 4) is 34.0 Å². The number of fused-ring (bicyclic) bond motifs is 6. The molecule has 4 aromatic rings. The van der Waals surface area contributed by atoms with Crippen LogP contribution in [0.1, 0.15) is 98.3 Å². The average molecular weight is 876 g/mol. The second kappa shape index (κ2) is 18.5. The molecular weight excluding hydrogens is 825 g/mol. The third-order valence-electron chi connectivity index (χ3n) is 10.6. The number of carboxylic acid groups (broad SMARTS) is 2. The molecule has 0 amide bonds. The number of halogens is 4. The third-order valence-corrected chi connectivity index (χ3v) is 11.2. The second-order valence-electron chi connectivity index (χ2n) is 16.9. The molecule has 4 heterocycles. The summed E-state index contributed by atoms with van der Waals surface area (Å²) in [6.07, 6.45) is 4.90. The molecule has 2 N–H and O–H groups in total. The van der Waals surface area contributed by atoms with Crippen LogP contribution in [0, 0.1) is 22.5 Å². The Morgan fingerprint density at radius 3 is 1.32 bits per heavy atom. The van der Waals surface area contributed by atoms with Crippen molar-refractivity contribution in [2.24, 2.45) is 10.8 Å². The van der Waals surface area contributed by atoms with Crippen molar-refractivity contribution < 1.29 is 47.5 Å². The fraction of sp³-hybridized carbons (Fsp3) is 0.455. The van der Waals surface area contributed by atoms with E-state index in [0.29, 0.717) is 84.8 Å². The minimum absolute atomic E-state index is 0.0546. The molecule has 0 spiro atoms. The van der Waals surface area contributed by atoms with Crippen molar-refractivity contribution >= 4 is 35.1 Å². The van der Waals surface area contributed by atoms with Crippen LogP contribution in [0.3, 0.4) is 0 Å². The Hall–Kier alpha value is -4.76. The average Bonchev–Trinajstić information content (AvgIpc) is 3.16. The smallest absolute Gasteiger partial charge is 0.341 e. The van der Waals surface area contributed by atoms with Crippen molar-refractivity contribution in [2.75, 3.05) is 40.6 Å². The highest BCUT2D eigenvalue weighted by molar-refractivity contribution is 6.32. The van der Waals surface area contributed by atoms with E-state index >= 15 is 8.78 Å². The Balaban J connectivity index is 0.000000228. The van der Waals surface area contributed by atoms with Crippen LogP contribution in [0.4, 0.5) is 8.78 Å². The Morgan fingerprint density at radius 1 is 0.667 bits per heavy atom. The zero-order valence-corrected chi connectivity index (χ0v) is 36.4. The summed E-state index contributed by atoms with van der Waals surface area (Å²) >= 11 is 12.8. The Kier molecular flexibility index (Phi) is 14.3. The molecule has 16 heteroatoms. The molecule has 2 atom stereocenters. The molecule has 2 aromatic heterocycles. The van der Waals surface area contributed by atoms with Gasteiger partial charge in [-0.05, 0) is 59.1 Å². The van der Waals surface area contributed by atoms with Gasteiger partial charge in [0.15, 0.2) is 11.6 Å². The molecule has 324 valence electrons. The predicted molar refractivity (Wildman–Crippen MR) is 224 cm³/mol. The van der Waals surface area contributed by atoms with E-state index in [9.17, 15) is 29.4 Å². The lowest BCUT2D eigenvalue weighted by atomic mass is 9.78. The summed E-state index contributed by atoms with van der Waals surface area (Å²) in [5.74, 6) is -4.11. The van der Waals surface area contributed by atoms with Crippen LogP contribution in [0.5, 0.6) is 11.5 Å². The normalized spacial score (nSPS) is 15.5. The van der Waals surface area contributed by atoms with Crippen molar-refractivity contribution in [3.05, 3.63) is 101 Å². The van der Waals surface area contributed by atoms with Gasteiger partial charge in [0.1, 0.15) is 22.6 Å². The molecule has 12 nitrogen and oxygen atoms in total. The van der Waals surface area contributed by atoms with Crippen LogP contribution in [0.2, 0.25) is 10.0 Å². The van der Waals surface area contributed by atoms with Gasteiger partial charge in [0.05, 0.1) is 34.6 Å². The number of methoxy groups -OCH3 is 2. The molecule has 2 aliphatic heterocycles. The fourth-order valence-corrected chi connectivity index (χ4v) is 7.97. The Bertz CT molecular complexity index is 2250. The monoisotopic (exact) mass is 874 g/mol. The number of ether oxygens (including phenoxy) is 4. The van der Waals surface area contributed by atoms with Gasteiger partial charge in [-0.1, -0.05) is 64.7 Å². The molecule has 60 heavy (non-hydrogen) atoms. The molecule has 2 aliphatic rings. The number of benzene rings is 2. The first-order chi connectivity index (χ1) is 28.1. The van der Waals surface area contributed by atoms with Crippen LogP contribution < -0.4 is 20.3 Å². The van der Waals surface area contributed by atoms with E-state index in [1.54, 1.807) is 47.6 Å². The highest BCUT2D eigenvalue weighted by Gasteiger charge is 2.38. The minimum Gasteiger partial charge on any atom is -0.492 e. The van der Waals surface area contributed by atoms with Gasteiger partial charge >= 0.3 is 11.9 Å². The minimum atomic E-state index is -1.45. The van der Waals surface area contributed by atoms with Gasteiger partial charge in [-0.3, -0.25) is 9.59 Å². The van der Waals surface area contributed by atoms with Gasteiger partial charge in [-0.2, -0.15) is 0 Å². The maximum Gasteiger partial charge on any atom is 0.341 e. The SMILES string of the molecule is COCCCOc1cc2c(cc1Cl)-c1c(F)c(=O)c(C(=O)O)cn1[C@@H](C(C)(C)C)C2.COCCCOc1cc2c(cc1Cl)-c1c(F)c(=O)c(C(=O)O)cn1[C@H](C(C)(C)C)C2. The molecule has 0 bridgehead atoms. The predicted octanol–water partition coefficient (Wildman–Crippen LogP) is 9.13. The molecular formula is C44H50Cl2F2N2O10. The first-order valence-electron chi connectivity index (χ1n) is 19.4. The lowest BCUT2D eigenvalue weighted by Gasteiger charge is -2.39. The van der Waals surface area contributed by atoms with E-state index < -0.39 is 45.6 Å². The molecule has 0 saturated carbocycles. The van der Waals surface area contributed by atoms with Crippen molar-refractivity contribution in [3.63, 3.8) is 0 Å². The number of aromatic nitrogens is 2. The number of carboxylic acids is 2. The van der Waals surface area contributed by atoms with Gasteiger partial charge in [-0.25, -0.2) is 18.4 Å². The molecule has 0 fully saturated rings. The number of hydrogen-bond donors (Lipinski definition) is 2. The van der Waals surface area contributed by atoms with Crippen LogP contribution in [-0.4, -0.2) is 71.9 Å². The van der Waals surface area contributed by atoms with E-state index in [4.69, 9.17) is 42.1 Å². The standard InChI is InChI=1S/2C22H25ClFNO5/c2*1-22(2,3)17-9-12-8-16(30-7-5-6-29-4)15(23)10-13(12)19-18(24)20(26)14(21(27)28)11-25(17)19/h2*8,10-11,17H,5-7,9H2,1-4H3,(H,27,28)/t2*17-/m10/s1. The summed E-state index contributed by atoms with van der Waals surface area (Å²) in [7, 11) is 3.23. The molecule has 0 saturated heterocycles. The first kappa shape index (κ1) is 46.3. The summed E-state index contributed by atoms with van der Waals surface area (Å²) in [5, 5.41) is 19.3. The summed E-state index contributed by atoms with van der Waals surface area (Å²) in [5.41, 5.74) is -1.46. The van der Waals surface area contributed by atoms with Crippen molar-refractivity contribution in [1.29, 1.82) is 0 Å². The molecule has 6 rings (SSSR count). The van der Waals surface area contributed by atoms with Crippen molar-refractivity contribution in [2.45, 2.75) is 79.3 Å². The quantitative estimate of drug-likeness (QED) is 0.132. The van der Waals surface area contributed by atoms with Crippen LogP contribution in [-0.2, 0) is 22.3 Å². The van der Waals surface area contributed by atoms with E-state index in [1.807, 2.05) is 41.5 Å². The number of carbonyl (C=O) groups is 2. The first-order valence-corrected chi connectivity index (χ1v) is 20.1. The fourth-order valence-electron chi connectivity index (χ4n) is 7.54. The van der Waals surface area contributed by atoms with Gasteiger partial charge in [0.25, 0.3) is 0 Å². The van der Waals surface area contributed by atoms with Crippen LogP contribution in [0.15, 0.2) is 46.2 Å². The zero-order chi connectivity index (χ0) is 44.4. The number of rotatable bonds is 12. The maximum atomic E-state index is 15.2. The van der Waals surface area contributed by atoms with E-state index in [2.05, 4.69) is 0 Å². The van der Waals surface area contributed by atoms with Crippen LogP contribution >= 0.6 is 23.2 Å². The number of pyridine rings is 2. The zero-order valence-electron chi connectivity index (χ0n) is 34.8. The third kappa shape index (κ3) is 9.57. The summed E-state index contributed by atoms with van der Waals surface area (Å²) in [6.45, 7) is 13.9. The van der Waals surface area contributed by atoms with Crippen molar-refractivity contribution in [1.82, 2.24) is 9.13 Å². The molecule has 0 radical (unpaired) electrons. The Morgan fingerprint density at radius 2 is 1.02 bits per heavy atom. The summed E-state index contributed by atoms with van der Waals surface area (Å²) < 4.78 is 55.1. The topological polar surface area (TPSA) is 156 Å². The number of aromatic carboxylic acids is 2. The molecule has 0 aliphatic carbocycles. The van der Waals surface area contributed by atoms with Gasteiger partial charge in [0, 0.05) is 75.9 Å². The molecule has 2 aromatic carbocycles. The van der Waals surface area contributed by atoms with E-state index in [1.165, 1.54) is 12.4 Å². The van der Waals surface area contributed by atoms with Gasteiger partial charge < -0.3 is 38.3 Å². The second-order valence-corrected chi connectivity index (χ2v) is 17.7. The highest BCUT2D eigenvalue weighted by atomic mass is 35.5. The van der Waals surface area contributed by atoms with Gasteiger partial charge in [-0.15, -0.1) is 0 Å². The summed E-state index contributed by atoms with van der Waals surface area (Å²) in [4.78, 5) is 47.7. The largest absolute Gasteiger partial charge is 0.492 e. The highest BCUT2D eigenvalue weighted by Crippen LogP contribution is 2.47. The maximum absolute atomic E-state index is 15.2. The van der Waals surface area contributed by atoms with Gasteiger partial charge in [0.2, 0.25) is 10.9 Å². The number of hydrogen-bond acceptors (Lipinski definition) is 8. The lowest BCUT2D eigenvalue weighted by molar-refractivity contribution is 0.0682. The molecule has 0 unspecified atom stereocenters.